The van der Waals surface area contributed by atoms with Gasteiger partial charge in [-0.25, -0.2) is 0 Å². The first-order valence-electron chi connectivity index (χ1n) is 8.48. The molecular formula is C18H22N4O4. The highest BCUT2D eigenvalue weighted by atomic mass is 16.5. The minimum atomic E-state index is -0.880. The van der Waals surface area contributed by atoms with Crippen LogP contribution < -0.4 is 4.74 Å². The summed E-state index contributed by atoms with van der Waals surface area (Å²) >= 11 is 0. The topological polar surface area (TPSA) is 97.6 Å². The van der Waals surface area contributed by atoms with Crippen molar-refractivity contribution in [2.75, 3.05) is 19.7 Å². The average molecular weight is 358 g/mol. The van der Waals surface area contributed by atoms with Crippen LogP contribution >= 0.6 is 0 Å². The van der Waals surface area contributed by atoms with E-state index >= 15 is 0 Å². The quantitative estimate of drug-likeness (QED) is 0.834. The van der Waals surface area contributed by atoms with Gasteiger partial charge in [0, 0.05) is 32.3 Å². The lowest BCUT2D eigenvalue weighted by atomic mass is 9.91. The first kappa shape index (κ1) is 17.9. The lowest BCUT2D eigenvalue weighted by Crippen LogP contribution is -2.33. The number of hydrogen-bond donors (Lipinski definition) is 1. The van der Waals surface area contributed by atoms with Crippen molar-refractivity contribution in [3.05, 3.63) is 41.7 Å². The number of aliphatic carboxylic acids is 1. The van der Waals surface area contributed by atoms with Gasteiger partial charge in [0.25, 0.3) is 5.91 Å². The zero-order chi connectivity index (χ0) is 18.7. The van der Waals surface area contributed by atoms with Gasteiger partial charge in [-0.05, 0) is 24.5 Å². The van der Waals surface area contributed by atoms with Gasteiger partial charge in [0.1, 0.15) is 5.75 Å². The molecule has 8 heteroatoms. The highest BCUT2D eigenvalue weighted by molar-refractivity contribution is 5.78. The summed E-state index contributed by atoms with van der Waals surface area (Å²) in [5, 5.41) is 17.2. The smallest absolute Gasteiger partial charge is 0.303 e. The number of carbonyl (C=O) groups is 2. The van der Waals surface area contributed by atoms with Gasteiger partial charge in [-0.3, -0.25) is 14.3 Å². The van der Waals surface area contributed by atoms with E-state index in [1.807, 2.05) is 31.2 Å². The number of amides is 1. The molecule has 0 saturated carbocycles. The summed E-state index contributed by atoms with van der Waals surface area (Å²) in [7, 11) is 1.76. The number of nitrogens with zero attached hydrogens (tertiary/aromatic N) is 4. The van der Waals surface area contributed by atoms with Crippen molar-refractivity contribution >= 4 is 11.9 Å². The van der Waals surface area contributed by atoms with Crippen LogP contribution in [0.4, 0.5) is 0 Å². The highest BCUT2D eigenvalue weighted by Gasteiger charge is 2.38. The third kappa shape index (κ3) is 4.01. The molecule has 0 spiro atoms. The van der Waals surface area contributed by atoms with Crippen LogP contribution in [0.1, 0.15) is 23.6 Å². The van der Waals surface area contributed by atoms with E-state index in [4.69, 9.17) is 4.74 Å². The number of aromatic nitrogens is 3. The molecule has 2 atom stereocenters. The lowest BCUT2D eigenvalue weighted by molar-refractivity contribution is -0.138. The number of carboxylic acids is 1. The zero-order valence-corrected chi connectivity index (χ0v) is 14.8. The molecule has 1 saturated heterocycles. The van der Waals surface area contributed by atoms with Crippen LogP contribution in [0.15, 0.2) is 30.5 Å². The van der Waals surface area contributed by atoms with Crippen molar-refractivity contribution in [1.29, 1.82) is 0 Å². The second kappa shape index (κ2) is 7.55. The predicted octanol–water partition coefficient (Wildman–Crippen LogP) is 1.22. The molecule has 8 nitrogen and oxygen atoms in total. The van der Waals surface area contributed by atoms with Crippen LogP contribution in [-0.4, -0.2) is 56.6 Å². The number of aryl methyl sites for hydroxylation is 2. The van der Waals surface area contributed by atoms with Crippen LogP contribution in [0.5, 0.6) is 5.75 Å². The molecule has 3 rings (SSSR count). The first-order valence-corrected chi connectivity index (χ1v) is 8.48. The third-order valence-corrected chi connectivity index (χ3v) is 4.68. The number of carboxylic acid groups (broad SMARTS) is 1. The minimum Gasteiger partial charge on any atom is -0.484 e. The maximum absolute atomic E-state index is 12.6. The average Bonchev–Trinajstić information content (AvgIpc) is 3.19. The Morgan fingerprint density at radius 3 is 2.73 bits per heavy atom. The van der Waals surface area contributed by atoms with E-state index < -0.39 is 5.97 Å². The largest absolute Gasteiger partial charge is 0.484 e. The Labute approximate surface area is 151 Å². The van der Waals surface area contributed by atoms with Crippen molar-refractivity contribution in [2.45, 2.75) is 19.3 Å². The minimum absolute atomic E-state index is 0.0102. The van der Waals surface area contributed by atoms with Crippen molar-refractivity contribution < 1.29 is 19.4 Å². The summed E-state index contributed by atoms with van der Waals surface area (Å²) in [6, 6.07) is 7.51. The van der Waals surface area contributed by atoms with Crippen LogP contribution in [0.3, 0.4) is 0 Å². The molecule has 2 heterocycles. The molecule has 26 heavy (non-hydrogen) atoms. The maximum Gasteiger partial charge on any atom is 0.303 e. The molecule has 1 N–H and O–H groups in total. The SMILES string of the molecule is Cc1ccccc1OCC(=O)N1C[C@H](CC(=O)O)[C@H](c2cn(C)nn2)C1. The van der Waals surface area contributed by atoms with Gasteiger partial charge in [-0.2, -0.15) is 0 Å². The molecule has 0 bridgehead atoms. The lowest BCUT2D eigenvalue weighted by Gasteiger charge is -2.17. The molecule has 1 aromatic heterocycles. The molecule has 0 radical (unpaired) electrons. The second-order valence-corrected chi connectivity index (χ2v) is 6.63. The Bertz CT molecular complexity index is 804. The molecule has 138 valence electrons. The van der Waals surface area contributed by atoms with Crippen molar-refractivity contribution in [3.63, 3.8) is 0 Å². The molecule has 0 aliphatic carbocycles. The monoisotopic (exact) mass is 358 g/mol. The van der Waals surface area contributed by atoms with Crippen LogP contribution in [0.2, 0.25) is 0 Å². The Morgan fingerprint density at radius 2 is 2.08 bits per heavy atom. The normalized spacial score (nSPS) is 19.5. The van der Waals surface area contributed by atoms with E-state index in [1.165, 1.54) is 0 Å². The Kier molecular flexibility index (Phi) is 5.20. The summed E-state index contributed by atoms with van der Waals surface area (Å²) in [6.45, 7) is 2.65. The first-order chi connectivity index (χ1) is 12.4. The van der Waals surface area contributed by atoms with E-state index in [1.54, 1.807) is 22.8 Å². The van der Waals surface area contributed by atoms with Crippen LogP contribution in [-0.2, 0) is 16.6 Å². The number of benzene rings is 1. The summed E-state index contributed by atoms with van der Waals surface area (Å²) < 4.78 is 7.22. The number of para-hydroxylation sites is 1. The standard InChI is InChI=1S/C18H22N4O4/c1-12-5-3-4-6-16(12)26-11-17(23)22-8-13(7-18(24)25)14(9-22)15-10-21(2)20-19-15/h3-6,10,13-14H,7-9,11H2,1-2H3,(H,24,25)/t13-,14+/m0/s1. The fraction of sp³-hybridized carbons (Fsp3) is 0.444. The van der Waals surface area contributed by atoms with Gasteiger partial charge >= 0.3 is 5.97 Å². The Balaban J connectivity index is 1.67. The highest BCUT2D eigenvalue weighted by Crippen LogP contribution is 2.33. The van der Waals surface area contributed by atoms with E-state index in [-0.39, 0.29) is 30.8 Å². The van der Waals surface area contributed by atoms with Gasteiger partial charge in [-0.1, -0.05) is 23.4 Å². The van der Waals surface area contributed by atoms with Gasteiger partial charge < -0.3 is 14.7 Å². The van der Waals surface area contributed by atoms with Crippen LogP contribution in [0.25, 0.3) is 0 Å². The van der Waals surface area contributed by atoms with E-state index in [0.717, 1.165) is 5.56 Å². The van der Waals surface area contributed by atoms with Gasteiger partial charge in [0.2, 0.25) is 0 Å². The summed E-state index contributed by atoms with van der Waals surface area (Å²) in [6.07, 6.45) is 1.76. The molecule has 1 aliphatic heterocycles. The second-order valence-electron chi connectivity index (χ2n) is 6.63. The molecule has 1 aliphatic rings. The predicted molar refractivity (Wildman–Crippen MR) is 92.7 cm³/mol. The summed E-state index contributed by atoms with van der Waals surface area (Å²) in [5.74, 6) is -0.689. The molecular weight excluding hydrogens is 336 g/mol. The fourth-order valence-corrected chi connectivity index (χ4v) is 3.33. The Morgan fingerprint density at radius 1 is 1.31 bits per heavy atom. The van der Waals surface area contributed by atoms with Crippen molar-refractivity contribution in [1.82, 2.24) is 19.9 Å². The van der Waals surface area contributed by atoms with Gasteiger partial charge in [0.15, 0.2) is 6.61 Å². The Hall–Kier alpha value is -2.90. The summed E-state index contributed by atoms with van der Waals surface area (Å²) in [5.41, 5.74) is 1.68. The van der Waals surface area contributed by atoms with E-state index in [9.17, 15) is 14.7 Å². The summed E-state index contributed by atoms with van der Waals surface area (Å²) in [4.78, 5) is 25.4. The maximum atomic E-state index is 12.6. The fourth-order valence-electron chi connectivity index (χ4n) is 3.33. The van der Waals surface area contributed by atoms with Gasteiger partial charge in [-0.15, -0.1) is 5.10 Å². The number of likely N-dealkylation sites (tertiary alicyclic amines) is 1. The van der Waals surface area contributed by atoms with Crippen LogP contribution in [0, 0.1) is 12.8 Å². The molecule has 1 aromatic carbocycles. The molecule has 1 amide bonds. The number of ether oxygens (including phenoxy) is 1. The van der Waals surface area contributed by atoms with Gasteiger partial charge in [0.05, 0.1) is 12.1 Å². The molecule has 2 aromatic rings. The third-order valence-electron chi connectivity index (χ3n) is 4.68. The number of rotatable bonds is 6. The van der Waals surface area contributed by atoms with Crippen molar-refractivity contribution in [2.24, 2.45) is 13.0 Å². The molecule has 0 unspecified atom stereocenters. The molecule has 1 fully saturated rings. The zero-order valence-electron chi connectivity index (χ0n) is 14.8. The number of carbonyl (C=O) groups excluding carboxylic acids is 1. The van der Waals surface area contributed by atoms with E-state index in [0.29, 0.717) is 24.5 Å². The van der Waals surface area contributed by atoms with E-state index in [2.05, 4.69) is 10.3 Å². The van der Waals surface area contributed by atoms with Crippen molar-refractivity contribution in [3.8, 4) is 5.75 Å². The number of hydrogen-bond acceptors (Lipinski definition) is 5.